The third kappa shape index (κ3) is 3.14. The Labute approximate surface area is 112 Å². The van der Waals surface area contributed by atoms with E-state index in [1.165, 1.54) is 25.7 Å². The molecule has 1 aromatic rings. The third-order valence-corrected chi connectivity index (χ3v) is 4.18. The van der Waals surface area contributed by atoms with Crippen molar-refractivity contribution in [2.24, 2.45) is 11.8 Å². The quantitative estimate of drug-likeness (QED) is 0.814. The van der Waals surface area contributed by atoms with Gasteiger partial charge in [0.05, 0.1) is 0 Å². The normalized spacial score (nSPS) is 23.1. The van der Waals surface area contributed by atoms with Crippen LogP contribution in [0.15, 0.2) is 24.3 Å². The number of nitrogens with one attached hydrogen (secondary N) is 1. The van der Waals surface area contributed by atoms with Gasteiger partial charge in [0.2, 0.25) is 0 Å². The maximum absolute atomic E-state index is 3.71. The number of rotatable bonds is 5. The molecule has 2 atom stereocenters. The maximum Gasteiger partial charge on any atom is 0.0351 e. The lowest BCUT2D eigenvalue weighted by atomic mass is 9.77. The van der Waals surface area contributed by atoms with E-state index in [4.69, 9.17) is 0 Å². The van der Waals surface area contributed by atoms with Crippen molar-refractivity contribution < 1.29 is 0 Å². The summed E-state index contributed by atoms with van der Waals surface area (Å²) >= 11 is 0. The van der Waals surface area contributed by atoms with Gasteiger partial charge < -0.3 is 5.32 Å². The van der Waals surface area contributed by atoms with E-state index in [2.05, 4.69) is 50.4 Å². The summed E-state index contributed by atoms with van der Waals surface area (Å²) in [5.41, 5.74) is 3.11. The van der Waals surface area contributed by atoms with Gasteiger partial charge in [-0.1, -0.05) is 51.5 Å². The van der Waals surface area contributed by atoms with Crippen molar-refractivity contribution in [2.45, 2.75) is 52.5 Å². The molecule has 1 aromatic carbocycles. The lowest BCUT2D eigenvalue weighted by Gasteiger charge is -2.34. The van der Waals surface area contributed by atoms with Crippen molar-refractivity contribution in [1.29, 1.82) is 0 Å². The molecule has 0 radical (unpaired) electrons. The van der Waals surface area contributed by atoms with Gasteiger partial charge >= 0.3 is 0 Å². The topological polar surface area (TPSA) is 12.0 Å². The minimum absolute atomic E-state index is 0.582. The molecule has 2 unspecified atom stereocenters. The maximum atomic E-state index is 3.71. The Morgan fingerprint density at radius 1 is 1.28 bits per heavy atom. The molecule has 18 heavy (non-hydrogen) atoms. The Kier molecular flexibility index (Phi) is 4.82. The molecular weight excluding hydrogens is 218 g/mol. The first-order valence-corrected chi connectivity index (χ1v) is 7.53. The number of fused-ring (bicyclic) bond motifs is 1. The van der Waals surface area contributed by atoms with Gasteiger partial charge in [-0.25, -0.2) is 0 Å². The SMILES string of the molecule is CCNC1c2ccccc2CCC1CCC(C)C. The fourth-order valence-corrected chi connectivity index (χ4v) is 3.18. The van der Waals surface area contributed by atoms with Crippen LogP contribution in [-0.2, 0) is 6.42 Å². The number of aryl methyl sites for hydroxylation is 1. The summed E-state index contributed by atoms with van der Waals surface area (Å²) < 4.78 is 0. The summed E-state index contributed by atoms with van der Waals surface area (Å²) in [4.78, 5) is 0. The van der Waals surface area contributed by atoms with E-state index in [1.807, 2.05) is 0 Å². The number of hydrogen-bond donors (Lipinski definition) is 1. The predicted octanol–water partition coefficient (Wildman–Crippen LogP) is 4.34. The summed E-state index contributed by atoms with van der Waals surface area (Å²) in [5, 5.41) is 3.71. The van der Waals surface area contributed by atoms with Gasteiger partial charge in [-0.2, -0.15) is 0 Å². The highest BCUT2D eigenvalue weighted by molar-refractivity contribution is 5.33. The molecule has 1 nitrogen and oxygen atoms in total. The van der Waals surface area contributed by atoms with Crippen LogP contribution in [-0.4, -0.2) is 6.54 Å². The molecule has 1 aliphatic carbocycles. The van der Waals surface area contributed by atoms with E-state index in [9.17, 15) is 0 Å². The second-order valence-electron chi connectivity index (χ2n) is 6.00. The van der Waals surface area contributed by atoms with Gasteiger partial charge in [0.25, 0.3) is 0 Å². The van der Waals surface area contributed by atoms with Crippen molar-refractivity contribution in [3.8, 4) is 0 Å². The van der Waals surface area contributed by atoms with Gasteiger partial charge in [-0.3, -0.25) is 0 Å². The summed E-state index contributed by atoms with van der Waals surface area (Å²) in [6, 6.07) is 9.58. The highest BCUT2D eigenvalue weighted by atomic mass is 14.9. The molecular formula is C17H27N. The fourth-order valence-electron chi connectivity index (χ4n) is 3.18. The molecule has 1 aliphatic rings. The van der Waals surface area contributed by atoms with E-state index in [-0.39, 0.29) is 0 Å². The highest BCUT2D eigenvalue weighted by Gasteiger charge is 2.28. The molecule has 0 saturated heterocycles. The first kappa shape index (κ1) is 13.6. The van der Waals surface area contributed by atoms with Crippen molar-refractivity contribution in [3.05, 3.63) is 35.4 Å². The average molecular weight is 245 g/mol. The van der Waals surface area contributed by atoms with Crippen LogP contribution >= 0.6 is 0 Å². The fraction of sp³-hybridized carbons (Fsp3) is 0.647. The molecule has 0 spiro atoms. The van der Waals surface area contributed by atoms with Crippen molar-refractivity contribution in [2.75, 3.05) is 6.54 Å². The Hall–Kier alpha value is -0.820. The average Bonchev–Trinajstić information content (AvgIpc) is 2.38. The Balaban J connectivity index is 2.13. The smallest absolute Gasteiger partial charge is 0.0351 e. The molecule has 0 saturated carbocycles. The van der Waals surface area contributed by atoms with Crippen LogP contribution in [0, 0.1) is 11.8 Å². The minimum atomic E-state index is 0.582. The van der Waals surface area contributed by atoms with Crippen LogP contribution in [0.25, 0.3) is 0 Å². The number of benzene rings is 1. The third-order valence-electron chi connectivity index (χ3n) is 4.18. The molecule has 0 heterocycles. The van der Waals surface area contributed by atoms with Gasteiger partial charge in [0.1, 0.15) is 0 Å². The van der Waals surface area contributed by atoms with Gasteiger partial charge in [0, 0.05) is 6.04 Å². The Morgan fingerprint density at radius 3 is 2.78 bits per heavy atom. The highest BCUT2D eigenvalue weighted by Crippen LogP contribution is 2.37. The van der Waals surface area contributed by atoms with Crippen LogP contribution < -0.4 is 5.32 Å². The zero-order valence-corrected chi connectivity index (χ0v) is 12.1. The van der Waals surface area contributed by atoms with Gasteiger partial charge in [-0.15, -0.1) is 0 Å². The van der Waals surface area contributed by atoms with E-state index >= 15 is 0 Å². The molecule has 0 bridgehead atoms. The van der Waals surface area contributed by atoms with E-state index < -0.39 is 0 Å². The number of hydrogen-bond acceptors (Lipinski definition) is 1. The van der Waals surface area contributed by atoms with Crippen LogP contribution in [0.5, 0.6) is 0 Å². The molecule has 2 rings (SSSR count). The first-order valence-electron chi connectivity index (χ1n) is 7.53. The summed E-state index contributed by atoms with van der Waals surface area (Å²) in [6.45, 7) is 7.95. The van der Waals surface area contributed by atoms with E-state index in [0.717, 1.165) is 18.4 Å². The standard InChI is InChI=1S/C17H27N/c1-4-18-17-15(10-9-13(2)3)12-11-14-7-5-6-8-16(14)17/h5-8,13,15,17-18H,4,9-12H2,1-3H3. The molecule has 0 aliphatic heterocycles. The summed E-state index contributed by atoms with van der Waals surface area (Å²) in [6.07, 6.45) is 5.33. The molecule has 1 heteroatoms. The van der Waals surface area contributed by atoms with Crippen LogP contribution in [0.1, 0.15) is 57.2 Å². The van der Waals surface area contributed by atoms with Gasteiger partial charge in [-0.05, 0) is 48.8 Å². The largest absolute Gasteiger partial charge is 0.310 e. The first-order chi connectivity index (χ1) is 8.72. The zero-order chi connectivity index (χ0) is 13.0. The molecule has 100 valence electrons. The molecule has 0 amide bonds. The molecule has 0 aromatic heterocycles. The summed E-state index contributed by atoms with van der Waals surface area (Å²) in [7, 11) is 0. The van der Waals surface area contributed by atoms with Crippen molar-refractivity contribution in [3.63, 3.8) is 0 Å². The lowest BCUT2D eigenvalue weighted by molar-refractivity contribution is 0.288. The Bertz CT molecular complexity index is 370. The lowest BCUT2D eigenvalue weighted by Crippen LogP contribution is -2.32. The van der Waals surface area contributed by atoms with Crippen LogP contribution in [0.3, 0.4) is 0 Å². The second-order valence-corrected chi connectivity index (χ2v) is 6.00. The predicted molar refractivity (Wildman–Crippen MR) is 78.7 cm³/mol. The Morgan fingerprint density at radius 2 is 2.06 bits per heavy atom. The molecule has 0 fully saturated rings. The molecule has 1 N–H and O–H groups in total. The summed E-state index contributed by atoms with van der Waals surface area (Å²) in [5.74, 6) is 1.65. The monoisotopic (exact) mass is 245 g/mol. The minimum Gasteiger partial charge on any atom is -0.310 e. The zero-order valence-electron chi connectivity index (χ0n) is 12.1. The second kappa shape index (κ2) is 6.38. The van der Waals surface area contributed by atoms with Crippen molar-refractivity contribution >= 4 is 0 Å². The van der Waals surface area contributed by atoms with E-state index in [1.54, 1.807) is 11.1 Å². The van der Waals surface area contributed by atoms with Crippen molar-refractivity contribution in [1.82, 2.24) is 5.32 Å². The van der Waals surface area contributed by atoms with Crippen LogP contribution in [0.4, 0.5) is 0 Å². The van der Waals surface area contributed by atoms with Crippen LogP contribution in [0.2, 0.25) is 0 Å². The van der Waals surface area contributed by atoms with Gasteiger partial charge in [0.15, 0.2) is 0 Å². The van der Waals surface area contributed by atoms with E-state index in [0.29, 0.717) is 6.04 Å².